The molecule has 5 nitrogen and oxygen atoms in total. The largest absolute Gasteiger partial charge is 0.350 e. The highest BCUT2D eigenvalue weighted by molar-refractivity contribution is 5.78. The Hall–Kier alpha value is -0.650. The smallest absolute Gasteiger partial charge is 0.235 e. The Bertz CT molecular complexity index is 247. The number of likely N-dealkylation sites (N-methyl/N-ethyl adjacent to an activating group) is 1. The standard InChI is InChI=1S/C12H26N4O/c1-5-12(2,3)14-11(17)10-13-16-8-6-15(4)7-9-16/h13H,5-10H2,1-4H3,(H,14,17). The van der Waals surface area contributed by atoms with Crippen LogP contribution < -0.4 is 10.7 Å². The van der Waals surface area contributed by atoms with Crippen LogP contribution in [0.25, 0.3) is 0 Å². The van der Waals surface area contributed by atoms with E-state index >= 15 is 0 Å². The second-order valence-corrected chi connectivity index (χ2v) is 5.41. The van der Waals surface area contributed by atoms with Gasteiger partial charge in [0.05, 0.1) is 6.54 Å². The lowest BCUT2D eigenvalue weighted by atomic mass is 10.0. The summed E-state index contributed by atoms with van der Waals surface area (Å²) in [6.07, 6.45) is 0.938. The van der Waals surface area contributed by atoms with Crippen LogP contribution in [0.5, 0.6) is 0 Å². The molecule has 0 aromatic carbocycles. The van der Waals surface area contributed by atoms with Gasteiger partial charge in [0.15, 0.2) is 0 Å². The van der Waals surface area contributed by atoms with Crippen LogP contribution in [0, 0.1) is 0 Å². The maximum absolute atomic E-state index is 11.7. The highest BCUT2D eigenvalue weighted by Gasteiger charge is 2.19. The number of nitrogens with zero attached hydrogens (tertiary/aromatic N) is 2. The van der Waals surface area contributed by atoms with Crippen molar-refractivity contribution in [2.75, 3.05) is 39.8 Å². The third kappa shape index (κ3) is 5.48. The highest BCUT2D eigenvalue weighted by atomic mass is 16.2. The number of hydrogen-bond donors (Lipinski definition) is 2. The van der Waals surface area contributed by atoms with E-state index in [-0.39, 0.29) is 11.4 Å². The van der Waals surface area contributed by atoms with Gasteiger partial charge in [-0.25, -0.2) is 10.4 Å². The molecule has 0 saturated carbocycles. The molecule has 1 aliphatic heterocycles. The Morgan fingerprint density at radius 1 is 1.24 bits per heavy atom. The zero-order valence-electron chi connectivity index (χ0n) is 11.5. The van der Waals surface area contributed by atoms with Crippen molar-refractivity contribution in [3.05, 3.63) is 0 Å². The Morgan fingerprint density at radius 3 is 2.35 bits per heavy atom. The zero-order valence-corrected chi connectivity index (χ0v) is 11.5. The molecule has 2 N–H and O–H groups in total. The summed E-state index contributed by atoms with van der Waals surface area (Å²) in [5.74, 6) is 0.0655. The van der Waals surface area contributed by atoms with Gasteiger partial charge in [-0.2, -0.15) is 0 Å². The molecule has 0 spiro atoms. The van der Waals surface area contributed by atoms with Crippen LogP contribution in [0.4, 0.5) is 0 Å². The normalized spacial score (nSPS) is 19.3. The quantitative estimate of drug-likeness (QED) is 0.715. The molecule has 1 aliphatic rings. The van der Waals surface area contributed by atoms with E-state index in [9.17, 15) is 4.79 Å². The first-order valence-corrected chi connectivity index (χ1v) is 6.41. The van der Waals surface area contributed by atoms with E-state index in [1.54, 1.807) is 0 Å². The Morgan fingerprint density at radius 2 is 1.82 bits per heavy atom. The number of carbonyl (C=O) groups excluding carboxylic acids is 1. The molecular formula is C12H26N4O. The lowest BCUT2D eigenvalue weighted by Gasteiger charge is -2.33. The minimum Gasteiger partial charge on any atom is -0.350 e. The molecule has 0 unspecified atom stereocenters. The van der Waals surface area contributed by atoms with Crippen molar-refractivity contribution in [2.24, 2.45) is 0 Å². The summed E-state index contributed by atoms with van der Waals surface area (Å²) in [7, 11) is 2.12. The molecule has 1 amide bonds. The summed E-state index contributed by atoms with van der Waals surface area (Å²) < 4.78 is 0. The summed E-state index contributed by atoms with van der Waals surface area (Å²) in [4.78, 5) is 14.0. The van der Waals surface area contributed by atoms with E-state index in [1.807, 2.05) is 13.8 Å². The van der Waals surface area contributed by atoms with Gasteiger partial charge in [0.1, 0.15) is 0 Å². The lowest BCUT2D eigenvalue weighted by molar-refractivity contribution is -0.122. The third-order valence-electron chi connectivity index (χ3n) is 3.33. The number of rotatable bonds is 5. The summed E-state index contributed by atoms with van der Waals surface area (Å²) in [5.41, 5.74) is 3.07. The molecule has 1 fully saturated rings. The van der Waals surface area contributed by atoms with E-state index in [0.717, 1.165) is 32.6 Å². The fourth-order valence-corrected chi connectivity index (χ4v) is 1.66. The Kier molecular flexibility index (Phi) is 5.36. The van der Waals surface area contributed by atoms with E-state index in [0.29, 0.717) is 6.54 Å². The minimum absolute atomic E-state index is 0.0655. The maximum Gasteiger partial charge on any atom is 0.235 e. The van der Waals surface area contributed by atoms with E-state index in [4.69, 9.17) is 0 Å². The second kappa shape index (κ2) is 6.33. The fourth-order valence-electron chi connectivity index (χ4n) is 1.66. The summed E-state index contributed by atoms with van der Waals surface area (Å²) in [6, 6.07) is 0. The maximum atomic E-state index is 11.7. The lowest BCUT2D eigenvalue weighted by Crippen LogP contribution is -2.54. The summed E-state index contributed by atoms with van der Waals surface area (Å²) in [5, 5.41) is 5.14. The van der Waals surface area contributed by atoms with E-state index in [2.05, 4.69) is 34.6 Å². The van der Waals surface area contributed by atoms with Gasteiger partial charge in [0.2, 0.25) is 5.91 Å². The van der Waals surface area contributed by atoms with Gasteiger partial charge < -0.3 is 10.2 Å². The topological polar surface area (TPSA) is 47.6 Å². The van der Waals surface area contributed by atoms with E-state index in [1.165, 1.54) is 0 Å². The number of hydrogen-bond acceptors (Lipinski definition) is 4. The number of amides is 1. The van der Waals surface area contributed by atoms with Crippen LogP contribution in [-0.2, 0) is 4.79 Å². The molecular weight excluding hydrogens is 216 g/mol. The average molecular weight is 242 g/mol. The van der Waals surface area contributed by atoms with Crippen molar-refractivity contribution in [1.29, 1.82) is 0 Å². The molecule has 0 aliphatic carbocycles. The van der Waals surface area contributed by atoms with Gasteiger partial charge in [-0.1, -0.05) is 6.92 Å². The van der Waals surface area contributed by atoms with Crippen LogP contribution in [0.3, 0.4) is 0 Å². The van der Waals surface area contributed by atoms with Crippen LogP contribution in [0.15, 0.2) is 0 Å². The first kappa shape index (κ1) is 14.4. The SMILES string of the molecule is CCC(C)(C)NC(=O)CNN1CCN(C)CC1. The van der Waals surface area contributed by atoms with Gasteiger partial charge in [-0.15, -0.1) is 0 Å². The molecule has 0 aromatic heterocycles. The number of nitrogens with one attached hydrogen (secondary N) is 2. The van der Waals surface area contributed by atoms with Crippen LogP contribution in [0.1, 0.15) is 27.2 Å². The predicted molar refractivity (Wildman–Crippen MR) is 69.6 cm³/mol. The van der Waals surface area contributed by atoms with Crippen molar-refractivity contribution in [3.63, 3.8) is 0 Å². The molecule has 1 heterocycles. The summed E-state index contributed by atoms with van der Waals surface area (Å²) in [6.45, 7) is 10.6. The monoisotopic (exact) mass is 242 g/mol. The molecule has 17 heavy (non-hydrogen) atoms. The molecule has 100 valence electrons. The van der Waals surface area contributed by atoms with E-state index < -0.39 is 0 Å². The number of hydrazine groups is 1. The van der Waals surface area contributed by atoms with Gasteiger partial charge in [-0.3, -0.25) is 4.79 Å². The average Bonchev–Trinajstić information content (AvgIpc) is 2.28. The first-order valence-electron chi connectivity index (χ1n) is 6.41. The molecule has 0 bridgehead atoms. The molecule has 0 aromatic rings. The minimum atomic E-state index is -0.110. The van der Waals surface area contributed by atoms with Crippen molar-refractivity contribution >= 4 is 5.91 Å². The Labute approximate surface area is 104 Å². The number of piperazine rings is 1. The van der Waals surface area contributed by atoms with Crippen molar-refractivity contribution in [1.82, 2.24) is 20.7 Å². The summed E-state index contributed by atoms with van der Waals surface area (Å²) >= 11 is 0. The third-order valence-corrected chi connectivity index (χ3v) is 3.33. The van der Waals surface area contributed by atoms with Gasteiger partial charge in [0, 0.05) is 31.7 Å². The molecule has 5 heteroatoms. The zero-order chi connectivity index (χ0) is 12.9. The fraction of sp³-hybridized carbons (Fsp3) is 0.917. The van der Waals surface area contributed by atoms with Crippen molar-refractivity contribution in [3.8, 4) is 0 Å². The van der Waals surface area contributed by atoms with Crippen molar-refractivity contribution < 1.29 is 4.79 Å². The molecule has 0 radical (unpaired) electrons. The van der Waals surface area contributed by atoms with Crippen LogP contribution in [0.2, 0.25) is 0 Å². The van der Waals surface area contributed by atoms with Crippen LogP contribution in [-0.4, -0.2) is 61.1 Å². The van der Waals surface area contributed by atoms with Gasteiger partial charge in [-0.05, 0) is 27.3 Å². The molecule has 1 rings (SSSR count). The van der Waals surface area contributed by atoms with Crippen molar-refractivity contribution in [2.45, 2.75) is 32.7 Å². The first-order chi connectivity index (χ1) is 7.93. The second-order valence-electron chi connectivity index (χ2n) is 5.41. The van der Waals surface area contributed by atoms with Gasteiger partial charge >= 0.3 is 0 Å². The predicted octanol–water partition coefficient (Wildman–Crippen LogP) is 0.0432. The van der Waals surface area contributed by atoms with Crippen LogP contribution >= 0.6 is 0 Å². The Balaban J connectivity index is 2.20. The molecule has 0 atom stereocenters. The number of carbonyl (C=O) groups is 1. The molecule has 1 saturated heterocycles. The van der Waals surface area contributed by atoms with Gasteiger partial charge in [0.25, 0.3) is 0 Å². The highest BCUT2D eigenvalue weighted by Crippen LogP contribution is 2.05.